The van der Waals surface area contributed by atoms with Gasteiger partial charge in [-0.1, -0.05) is 17.7 Å². The zero-order valence-corrected chi connectivity index (χ0v) is 16.7. The van der Waals surface area contributed by atoms with Crippen LogP contribution in [0.4, 0.5) is 0 Å². The van der Waals surface area contributed by atoms with Gasteiger partial charge in [0.15, 0.2) is 18.1 Å². The molecule has 3 aromatic rings. The third kappa shape index (κ3) is 5.24. The van der Waals surface area contributed by atoms with Crippen LogP contribution in [0, 0.1) is 6.92 Å². The summed E-state index contributed by atoms with van der Waals surface area (Å²) < 4.78 is 21.6. The van der Waals surface area contributed by atoms with Crippen molar-refractivity contribution in [2.45, 2.75) is 6.92 Å². The van der Waals surface area contributed by atoms with Crippen LogP contribution in [0.3, 0.4) is 0 Å². The maximum absolute atomic E-state index is 12.2. The molecule has 1 aliphatic rings. The number of fused-ring (bicyclic) bond motifs is 1. The highest BCUT2D eigenvalue weighted by Crippen LogP contribution is 2.32. The summed E-state index contributed by atoms with van der Waals surface area (Å²) in [4.78, 5) is 24.1. The summed E-state index contributed by atoms with van der Waals surface area (Å²) in [6, 6.07) is 19.4. The predicted molar refractivity (Wildman–Crippen MR) is 111 cm³/mol. The van der Waals surface area contributed by atoms with Crippen LogP contribution in [0.25, 0.3) is 0 Å². The molecular formula is C23H20N2O6. The summed E-state index contributed by atoms with van der Waals surface area (Å²) >= 11 is 0. The SMILES string of the molecule is Cc1ccc(Oc2ccc(OCC(=O)NNC(=O)c3ccc4c(c3)OCO4)cc2)cc1. The van der Waals surface area contributed by atoms with E-state index < -0.39 is 11.8 Å². The van der Waals surface area contributed by atoms with E-state index in [9.17, 15) is 9.59 Å². The Bertz CT molecular complexity index is 1080. The van der Waals surface area contributed by atoms with E-state index in [0.29, 0.717) is 28.6 Å². The third-order valence-electron chi connectivity index (χ3n) is 4.40. The van der Waals surface area contributed by atoms with Gasteiger partial charge in [-0.2, -0.15) is 0 Å². The minimum absolute atomic E-state index is 0.119. The van der Waals surface area contributed by atoms with Crippen molar-refractivity contribution in [3.8, 4) is 28.7 Å². The Hall–Kier alpha value is -4.20. The first kappa shape index (κ1) is 20.1. The highest BCUT2D eigenvalue weighted by atomic mass is 16.7. The van der Waals surface area contributed by atoms with Crippen molar-refractivity contribution < 1.29 is 28.5 Å². The minimum Gasteiger partial charge on any atom is -0.484 e. The molecule has 8 nitrogen and oxygen atoms in total. The molecular weight excluding hydrogens is 400 g/mol. The molecule has 0 saturated heterocycles. The second-order valence-corrected chi connectivity index (χ2v) is 6.75. The first-order valence-corrected chi connectivity index (χ1v) is 9.53. The topological polar surface area (TPSA) is 95.1 Å². The van der Waals surface area contributed by atoms with Gasteiger partial charge >= 0.3 is 0 Å². The Balaban J connectivity index is 1.22. The lowest BCUT2D eigenvalue weighted by molar-refractivity contribution is -0.123. The lowest BCUT2D eigenvalue weighted by atomic mass is 10.2. The number of nitrogens with one attached hydrogen (secondary N) is 2. The summed E-state index contributed by atoms with van der Waals surface area (Å²) in [5.74, 6) is 1.95. The fraction of sp³-hybridized carbons (Fsp3) is 0.130. The van der Waals surface area contributed by atoms with Gasteiger partial charge in [0.2, 0.25) is 6.79 Å². The first-order chi connectivity index (χ1) is 15.1. The summed E-state index contributed by atoms with van der Waals surface area (Å²) in [6.07, 6.45) is 0. The molecule has 8 heteroatoms. The summed E-state index contributed by atoms with van der Waals surface area (Å²) in [5.41, 5.74) is 6.12. The Morgan fingerprint density at radius 3 is 2.23 bits per heavy atom. The van der Waals surface area contributed by atoms with E-state index in [1.54, 1.807) is 42.5 Å². The number of amides is 2. The van der Waals surface area contributed by atoms with Crippen LogP contribution >= 0.6 is 0 Å². The van der Waals surface area contributed by atoms with Crippen molar-refractivity contribution in [1.29, 1.82) is 0 Å². The monoisotopic (exact) mass is 420 g/mol. The minimum atomic E-state index is -0.505. The number of carbonyl (C=O) groups excluding carboxylic acids is 2. The van der Waals surface area contributed by atoms with Gasteiger partial charge < -0.3 is 18.9 Å². The fourth-order valence-corrected chi connectivity index (χ4v) is 2.77. The molecule has 0 saturated carbocycles. The second kappa shape index (κ2) is 9.08. The van der Waals surface area contributed by atoms with Gasteiger partial charge in [-0.3, -0.25) is 20.4 Å². The smallest absolute Gasteiger partial charge is 0.276 e. The van der Waals surface area contributed by atoms with Crippen LogP contribution in [0.15, 0.2) is 66.7 Å². The molecule has 2 N–H and O–H groups in total. The molecule has 0 unspecified atom stereocenters. The van der Waals surface area contributed by atoms with Crippen molar-refractivity contribution >= 4 is 11.8 Å². The van der Waals surface area contributed by atoms with Crippen molar-refractivity contribution in [1.82, 2.24) is 10.9 Å². The number of hydrogen-bond acceptors (Lipinski definition) is 6. The van der Waals surface area contributed by atoms with Gasteiger partial charge in [-0.25, -0.2) is 0 Å². The quantitative estimate of drug-likeness (QED) is 0.594. The highest BCUT2D eigenvalue weighted by molar-refractivity contribution is 5.96. The molecule has 1 aliphatic heterocycles. The standard InChI is InChI=1S/C23H20N2O6/c1-15-2-5-18(6-3-15)31-19-9-7-17(8-10-19)28-13-22(26)24-25-23(27)16-4-11-20-21(12-16)30-14-29-20/h2-12H,13-14H2,1H3,(H,24,26)(H,25,27). The van der Waals surface area contributed by atoms with Crippen LogP contribution < -0.4 is 29.8 Å². The molecule has 0 aliphatic carbocycles. The molecule has 0 fully saturated rings. The molecule has 158 valence electrons. The van der Waals surface area contributed by atoms with Gasteiger partial charge in [0, 0.05) is 5.56 Å². The molecule has 0 radical (unpaired) electrons. The first-order valence-electron chi connectivity index (χ1n) is 9.53. The van der Waals surface area contributed by atoms with Crippen LogP contribution in [0.5, 0.6) is 28.7 Å². The number of ether oxygens (including phenoxy) is 4. The van der Waals surface area contributed by atoms with Gasteiger partial charge in [0.05, 0.1) is 0 Å². The highest BCUT2D eigenvalue weighted by Gasteiger charge is 2.16. The molecule has 0 atom stereocenters. The van der Waals surface area contributed by atoms with Crippen LogP contribution in [0.1, 0.15) is 15.9 Å². The average molecular weight is 420 g/mol. The van der Waals surface area contributed by atoms with E-state index in [1.807, 2.05) is 31.2 Å². The molecule has 31 heavy (non-hydrogen) atoms. The van der Waals surface area contributed by atoms with Gasteiger partial charge in [-0.15, -0.1) is 0 Å². The molecule has 0 bridgehead atoms. The maximum atomic E-state index is 12.2. The number of rotatable bonds is 6. The summed E-state index contributed by atoms with van der Waals surface area (Å²) in [6.45, 7) is 1.86. The molecule has 4 rings (SSSR count). The van der Waals surface area contributed by atoms with Crippen molar-refractivity contribution in [3.05, 3.63) is 77.9 Å². The number of carbonyl (C=O) groups is 2. The zero-order chi connectivity index (χ0) is 21.6. The third-order valence-corrected chi connectivity index (χ3v) is 4.40. The molecule has 2 amide bonds. The lowest BCUT2D eigenvalue weighted by Gasteiger charge is -2.10. The van der Waals surface area contributed by atoms with Crippen molar-refractivity contribution in [2.75, 3.05) is 13.4 Å². The number of aryl methyl sites for hydroxylation is 1. The summed E-state index contributed by atoms with van der Waals surface area (Å²) in [7, 11) is 0. The Labute approximate surface area is 178 Å². The fourth-order valence-electron chi connectivity index (χ4n) is 2.77. The van der Waals surface area contributed by atoms with Crippen molar-refractivity contribution in [2.24, 2.45) is 0 Å². The van der Waals surface area contributed by atoms with Gasteiger partial charge in [0.1, 0.15) is 17.2 Å². The zero-order valence-electron chi connectivity index (χ0n) is 16.7. The van der Waals surface area contributed by atoms with E-state index in [1.165, 1.54) is 0 Å². The van der Waals surface area contributed by atoms with E-state index in [-0.39, 0.29) is 13.4 Å². The van der Waals surface area contributed by atoms with E-state index in [0.717, 1.165) is 11.3 Å². The molecule has 3 aromatic carbocycles. The van der Waals surface area contributed by atoms with E-state index in [2.05, 4.69) is 10.9 Å². The van der Waals surface area contributed by atoms with E-state index in [4.69, 9.17) is 18.9 Å². The van der Waals surface area contributed by atoms with Crippen LogP contribution in [-0.2, 0) is 4.79 Å². The Morgan fingerprint density at radius 1 is 0.839 bits per heavy atom. The van der Waals surface area contributed by atoms with E-state index >= 15 is 0 Å². The van der Waals surface area contributed by atoms with Crippen LogP contribution in [0.2, 0.25) is 0 Å². The number of hydrazine groups is 1. The summed E-state index contributed by atoms with van der Waals surface area (Å²) in [5, 5.41) is 0. The van der Waals surface area contributed by atoms with Gasteiger partial charge in [-0.05, 0) is 61.5 Å². The largest absolute Gasteiger partial charge is 0.484 e. The molecule has 0 aromatic heterocycles. The average Bonchev–Trinajstić information content (AvgIpc) is 3.26. The Morgan fingerprint density at radius 2 is 1.48 bits per heavy atom. The Kier molecular flexibility index (Phi) is 5.89. The van der Waals surface area contributed by atoms with Gasteiger partial charge in [0.25, 0.3) is 11.8 Å². The molecule has 0 spiro atoms. The number of benzene rings is 3. The second-order valence-electron chi connectivity index (χ2n) is 6.75. The predicted octanol–water partition coefficient (Wildman–Crippen LogP) is 3.36. The van der Waals surface area contributed by atoms with Crippen LogP contribution in [-0.4, -0.2) is 25.2 Å². The normalized spacial score (nSPS) is 11.5. The molecule has 1 heterocycles. The number of hydrogen-bond donors (Lipinski definition) is 2. The maximum Gasteiger partial charge on any atom is 0.276 e. The lowest BCUT2D eigenvalue weighted by Crippen LogP contribution is -2.43. The van der Waals surface area contributed by atoms with Crippen molar-refractivity contribution in [3.63, 3.8) is 0 Å².